The quantitative estimate of drug-likeness (QED) is 0.237. The molecule has 2 amide bonds. The highest BCUT2D eigenvalue weighted by atomic mass is 16.6. The van der Waals surface area contributed by atoms with Gasteiger partial charge in [0.05, 0.1) is 0 Å². The van der Waals surface area contributed by atoms with Crippen LogP contribution in [0.5, 0.6) is 0 Å². The Morgan fingerprint density at radius 2 is 1.73 bits per heavy atom. The summed E-state index contributed by atoms with van der Waals surface area (Å²) < 4.78 is 5.48. The number of rotatable bonds is 7. The van der Waals surface area contributed by atoms with Gasteiger partial charge in [0.1, 0.15) is 11.3 Å². The van der Waals surface area contributed by atoms with Crippen LogP contribution in [-0.4, -0.2) is 51.6 Å². The van der Waals surface area contributed by atoms with Crippen LogP contribution in [0.2, 0.25) is 0 Å². The Kier molecular flexibility index (Phi) is 9.40. The van der Waals surface area contributed by atoms with Crippen LogP contribution in [0.3, 0.4) is 0 Å². The van der Waals surface area contributed by atoms with Crippen LogP contribution in [0.4, 0.5) is 10.5 Å². The summed E-state index contributed by atoms with van der Waals surface area (Å²) in [5.74, 6) is -0.271. The smallest absolute Gasteiger partial charge is 0.407 e. The fraction of sp³-hybridized carbons (Fsp3) is 0.333. The van der Waals surface area contributed by atoms with E-state index < -0.39 is 5.60 Å². The first-order chi connectivity index (χ1) is 21.0. The van der Waals surface area contributed by atoms with Gasteiger partial charge in [-0.25, -0.2) is 4.79 Å². The lowest BCUT2D eigenvalue weighted by Crippen LogP contribution is -2.48. The fourth-order valence-electron chi connectivity index (χ4n) is 5.48. The number of hydrogen-bond acceptors (Lipinski definition) is 6. The van der Waals surface area contributed by atoms with Crippen molar-refractivity contribution in [2.45, 2.75) is 65.6 Å². The molecule has 2 aromatic heterocycles. The number of carbonyl (C=O) groups excluding carboxylic acids is 2. The highest BCUT2D eigenvalue weighted by Gasteiger charge is 2.24. The molecule has 0 bridgehead atoms. The Morgan fingerprint density at radius 3 is 2.45 bits per heavy atom. The average molecular weight is 592 g/mol. The number of hydrogen-bond donors (Lipinski definition) is 2. The SMILES string of the molecule is Cc1ccc(-c2cc(CN3CCC[C@H](NC(=O)OC(C)(C)C)C3)cc(NC(=O)c3cc(-c4ccccc4)c(C)cn3)c2)cn1. The van der Waals surface area contributed by atoms with E-state index in [0.717, 1.165) is 58.5 Å². The molecule has 8 heteroatoms. The number of nitrogens with zero attached hydrogens (tertiary/aromatic N) is 3. The number of ether oxygens (including phenoxy) is 1. The number of amides is 2. The molecule has 0 aliphatic carbocycles. The molecule has 3 heterocycles. The first-order valence-electron chi connectivity index (χ1n) is 15.1. The van der Waals surface area contributed by atoms with Gasteiger partial charge in [-0.05, 0) is 112 Å². The third-order valence-corrected chi connectivity index (χ3v) is 7.55. The van der Waals surface area contributed by atoms with Gasteiger partial charge in [0, 0.05) is 48.5 Å². The van der Waals surface area contributed by atoms with Crippen molar-refractivity contribution in [2.75, 3.05) is 18.4 Å². The molecule has 0 saturated carbocycles. The minimum Gasteiger partial charge on any atom is -0.444 e. The second-order valence-electron chi connectivity index (χ2n) is 12.5. The molecule has 2 N–H and O–H groups in total. The second-order valence-corrected chi connectivity index (χ2v) is 12.5. The predicted molar refractivity (Wildman–Crippen MR) is 174 cm³/mol. The van der Waals surface area contributed by atoms with E-state index in [4.69, 9.17) is 4.74 Å². The molecule has 4 aromatic rings. The Morgan fingerprint density at radius 1 is 0.932 bits per heavy atom. The Hall–Kier alpha value is -4.56. The van der Waals surface area contributed by atoms with E-state index >= 15 is 0 Å². The number of likely N-dealkylation sites (tertiary alicyclic amines) is 1. The molecular formula is C36H41N5O3. The lowest BCUT2D eigenvalue weighted by atomic mass is 10.0. The van der Waals surface area contributed by atoms with Crippen molar-refractivity contribution in [2.24, 2.45) is 0 Å². The van der Waals surface area contributed by atoms with E-state index in [1.807, 2.05) is 101 Å². The van der Waals surface area contributed by atoms with Crippen LogP contribution >= 0.6 is 0 Å². The number of benzene rings is 2. The van der Waals surface area contributed by atoms with E-state index in [-0.39, 0.29) is 18.0 Å². The molecule has 2 aromatic carbocycles. The van der Waals surface area contributed by atoms with E-state index in [0.29, 0.717) is 24.5 Å². The van der Waals surface area contributed by atoms with E-state index in [2.05, 4.69) is 31.6 Å². The molecule has 5 rings (SSSR count). The molecule has 0 spiro atoms. The van der Waals surface area contributed by atoms with Crippen LogP contribution in [0.1, 0.15) is 60.9 Å². The van der Waals surface area contributed by atoms with Gasteiger partial charge in [-0.1, -0.05) is 36.4 Å². The van der Waals surface area contributed by atoms with Crippen molar-refractivity contribution in [3.8, 4) is 22.3 Å². The van der Waals surface area contributed by atoms with Gasteiger partial charge in [0.2, 0.25) is 0 Å². The normalized spacial score (nSPS) is 15.4. The predicted octanol–water partition coefficient (Wildman–Crippen LogP) is 7.17. The van der Waals surface area contributed by atoms with Crippen LogP contribution in [0, 0.1) is 13.8 Å². The number of carbonyl (C=O) groups is 2. The first-order valence-corrected chi connectivity index (χ1v) is 15.1. The largest absolute Gasteiger partial charge is 0.444 e. The summed E-state index contributed by atoms with van der Waals surface area (Å²) in [4.78, 5) is 37.2. The standard InChI is InChI=1S/C36H41N5O3/c1-24-20-38-33(19-32(24)27-10-7-6-8-11-27)34(42)39-31-17-26(16-29(18-31)28-14-13-25(2)37-21-28)22-41-15-9-12-30(23-41)40-35(43)44-36(3,4)5/h6-8,10-11,13-14,16-21,30H,9,12,15,22-23H2,1-5H3,(H,39,42)(H,40,43)/t30-/m0/s1. The topological polar surface area (TPSA) is 96.5 Å². The number of aromatic nitrogens is 2. The van der Waals surface area contributed by atoms with Crippen LogP contribution in [-0.2, 0) is 11.3 Å². The molecule has 1 saturated heterocycles. The molecule has 1 aliphatic heterocycles. The zero-order chi connectivity index (χ0) is 31.3. The molecule has 1 fully saturated rings. The number of piperidine rings is 1. The lowest BCUT2D eigenvalue weighted by Gasteiger charge is -2.33. The van der Waals surface area contributed by atoms with Crippen molar-refractivity contribution in [3.05, 3.63) is 102 Å². The minimum atomic E-state index is -0.540. The van der Waals surface area contributed by atoms with E-state index in [9.17, 15) is 9.59 Å². The molecule has 8 nitrogen and oxygen atoms in total. The monoisotopic (exact) mass is 591 g/mol. The van der Waals surface area contributed by atoms with Gasteiger partial charge >= 0.3 is 6.09 Å². The molecule has 1 aliphatic rings. The second kappa shape index (κ2) is 13.4. The molecule has 44 heavy (non-hydrogen) atoms. The van der Waals surface area contributed by atoms with Crippen molar-refractivity contribution in [1.29, 1.82) is 0 Å². The lowest BCUT2D eigenvalue weighted by molar-refractivity contribution is 0.0470. The van der Waals surface area contributed by atoms with Gasteiger partial charge < -0.3 is 15.4 Å². The van der Waals surface area contributed by atoms with E-state index in [1.165, 1.54) is 0 Å². The van der Waals surface area contributed by atoms with E-state index in [1.54, 1.807) is 6.20 Å². The maximum atomic E-state index is 13.5. The van der Waals surface area contributed by atoms with Gasteiger partial charge in [-0.2, -0.15) is 0 Å². The molecule has 1 atom stereocenters. The number of pyridine rings is 2. The Balaban J connectivity index is 1.37. The summed E-state index contributed by atoms with van der Waals surface area (Å²) in [5.41, 5.74) is 7.45. The zero-order valence-corrected chi connectivity index (χ0v) is 26.2. The summed E-state index contributed by atoms with van der Waals surface area (Å²) >= 11 is 0. The van der Waals surface area contributed by atoms with Crippen LogP contribution < -0.4 is 10.6 Å². The summed E-state index contributed by atoms with van der Waals surface area (Å²) in [5, 5.41) is 6.13. The van der Waals surface area contributed by atoms with Crippen molar-refractivity contribution < 1.29 is 14.3 Å². The number of anilines is 1. The highest BCUT2D eigenvalue weighted by Crippen LogP contribution is 2.28. The van der Waals surface area contributed by atoms with Gasteiger partial charge in [0.15, 0.2) is 0 Å². The molecule has 0 unspecified atom stereocenters. The molecule has 228 valence electrons. The summed E-state index contributed by atoms with van der Waals surface area (Å²) in [6.07, 6.45) is 5.09. The third kappa shape index (κ3) is 8.29. The Labute approximate surface area is 259 Å². The zero-order valence-electron chi connectivity index (χ0n) is 26.2. The summed E-state index contributed by atoms with van der Waals surface area (Å²) in [6, 6.07) is 22.0. The molecule has 0 radical (unpaired) electrons. The fourth-order valence-corrected chi connectivity index (χ4v) is 5.48. The van der Waals surface area contributed by atoms with Crippen molar-refractivity contribution >= 4 is 17.7 Å². The maximum absolute atomic E-state index is 13.5. The average Bonchev–Trinajstić information content (AvgIpc) is 2.97. The van der Waals surface area contributed by atoms with Crippen LogP contribution in [0.15, 0.2) is 79.1 Å². The summed E-state index contributed by atoms with van der Waals surface area (Å²) in [6.45, 7) is 11.9. The van der Waals surface area contributed by atoms with Gasteiger partial charge in [-0.3, -0.25) is 19.7 Å². The highest BCUT2D eigenvalue weighted by molar-refractivity contribution is 6.04. The summed E-state index contributed by atoms with van der Waals surface area (Å²) in [7, 11) is 0. The minimum absolute atomic E-state index is 0.00803. The van der Waals surface area contributed by atoms with Gasteiger partial charge in [-0.15, -0.1) is 0 Å². The van der Waals surface area contributed by atoms with Crippen molar-refractivity contribution in [1.82, 2.24) is 20.2 Å². The Bertz CT molecular complexity index is 1610. The van der Waals surface area contributed by atoms with Crippen LogP contribution in [0.25, 0.3) is 22.3 Å². The number of alkyl carbamates (subject to hydrolysis) is 1. The van der Waals surface area contributed by atoms with Gasteiger partial charge in [0.25, 0.3) is 5.91 Å². The van der Waals surface area contributed by atoms with Crippen molar-refractivity contribution in [3.63, 3.8) is 0 Å². The first kappa shape index (κ1) is 30.9. The third-order valence-electron chi connectivity index (χ3n) is 7.55. The number of nitrogens with one attached hydrogen (secondary N) is 2. The molecular weight excluding hydrogens is 550 g/mol. The maximum Gasteiger partial charge on any atom is 0.407 e. The number of aryl methyl sites for hydroxylation is 2.